The number of rotatable bonds is 3. The third kappa shape index (κ3) is 2.86. The molecule has 3 heterocycles. The average molecular weight is 314 g/mol. The van der Waals surface area contributed by atoms with Crippen molar-refractivity contribution in [3.63, 3.8) is 0 Å². The van der Waals surface area contributed by atoms with Crippen LogP contribution in [0.25, 0.3) is 0 Å². The molecule has 2 aromatic rings. The summed E-state index contributed by atoms with van der Waals surface area (Å²) < 4.78 is 17.3. The highest BCUT2D eigenvalue weighted by atomic mass is 16.5. The number of hydrogen-bond acceptors (Lipinski definition) is 5. The lowest BCUT2D eigenvalue weighted by Crippen LogP contribution is -2.44. The molecule has 1 N–H and O–H groups in total. The Morgan fingerprint density at radius 2 is 2.17 bits per heavy atom. The van der Waals surface area contributed by atoms with Gasteiger partial charge in [-0.25, -0.2) is 4.98 Å². The highest BCUT2D eigenvalue weighted by molar-refractivity contribution is 5.41. The van der Waals surface area contributed by atoms with E-state index in [0.717, 1.165) is 50.4 Å². The van der Waals surface area contributed by atoms with Crippen molar-refractivity contribution in [3.05, 3.63) is 47.2 Å². The van der Waals surface area contributed by atoms with Gasteiger partial charge in [-0.2, -0.15) is 0 Å². The molecule has 0 atom stereocenters. The molecule has 0 unspecified atom stereocenters. The van der Waals surface area contributed by atoms with Crippen molar-refractivity contribution in [3.8, 4) is 5.75 Å². The first-order valence-electron chi connectivity index (χ1n) is 8.27. The summed E-state index contributed by atoms with van der Waals surface area (Å²) in [5.41, 5.74) is 3.42. The summed E-state index contributed by atoms with van der Waals surface area (Å²) in [7, 11) is 0. The largest absolute Gasteiger partial charge is 0.487 e. The maximum Gasteiger partial charge on any atom is 0.191 e. The molecule has 1 fully saturated rings. The molecule has 0 amide bonds. The van der Waals surface area contributed by atoms with Crippen molar-refractivity contribution in [2.24, 2.45) is 0 Å². The van der Waals surface area contributed by atoms with Crippen LogP contribution < -0.4 is 10.1 Å². The molecule has 1 aromatic carbocycles. The second-order valence-corrected chi connectivity index (χ2v) is 6.31. The summed E-state index contributed by atoms with van der Waals surface area (Å²) in [4.78, 5) is 4.26. The molecule has 5 heteroatoms. The van der Waals surface area contributed by atoms with Crippen LogP contribution in [0.1, 0.15) is 35.6 Å². The Bertz CT molecular complexity index is 689. The van der Waals surface area contributed by atoms with E-state index in [9.17, 15) is 0 Å². The maximum absolute atomic E-state index is 6.20. The molecule has 2 aliphatic rings. The Hall–Kier alpha value is -1.85. The van der Waals surface area contributed by atoms with Gasteiger partial charge in [0.2, 0.25) is 0 Å². The van der Waals surface area contributed by atoms with Crippen LogP contribution in [0.5, 0.6) is 5.75 Å². The standard InChI is InChI=1S/C18H22N2O3/c1-13-20-15(11-21-13)12-22-16-2-3-17-14(10-16)4-9-23-18(17)5-7-19-8-6-18/h2-3,10-11,19H,4-9,12H2,1H3. The monoisotopic (exact) mass is 314 g/mol. The zero-order chi connectivity index (χ0) is 15.7. The number of benzene rings is 1. The lowest BCUT2D eigenvalue weighted by molar-refractivity contribution is -0.0802. The number of aromatic nitrogens is 1. The van der Waals surface area contributed by atoms with Crippen molar-refractivity contribution < 1.29 is 13.9 Å². The first kappa shape index (κ1) is 14.7. The van der Waals surface area contributed by atoms with E-state index in [0.29, 0.717) is 12.5 Å². The van der Waals surface area contributed by atoms with Gasteiger partial charge < -0.3 is 19.2 Å². The molecular formula is C18H22N2O3. The van der Waals surface area contributed by atoms with Crippen LogP contribution in [-0.2, 0) is 23.4 Å². The van der Waals surface area contributed by atoms with Gasteiger partial charge in [0.25, 0.3) is 0 Å². The minimum absolute atomic E-state index is 0.0966. The molecule has 122 valence electrons. The van der Waals surface area contributed by atoms with Gasteiger partial charge in [0.15, 0.2) is 5.89 Å². The van der Waals surface area contributed by atoms with Crippen molar-refractivity contribution >= 4 is 0 Å². The highest BCUT2D eigenvalue weighted by Gasteiger charge is 2.38. The lowest BCUT2D eigenvalue weighted by atomic mass is 9.80. The Kier molecular flexibility index (Phi) is 3.83. The number of fused-ring (bicyclic) bond motifs is 2. The summed E-state index contributed by atoms with van der Waals surface area (Å²) in [6.45, 7) is 5.09. The van der Waals surface area contributed by atoms with E-state index in [1.165, 1.54) is 11.1 Å². The van der Waals surface area contributed by atoms with Crippen molar-refractivity contribution in [2.75, 3.05) is 19.7 Å². The predicted molar refractivity (Wildman–Crippen MR) is 85.5 cm³/mol. The summed E-state index contributed by atoms with van der Waals surface area (Å²) in [6.07, 6.45) is 4.67. The van der Waals surface area contributed by atoms with Gasteiger partial charge >= 0.3 is 0 Å². The first-order chi connectivity index (χ1) is 11.3. The minimum atomic E-state index is -0.0966. The van der Waals surface area contributed by atoms with Crippen molar-refractivity contribution in [2.45, 2.75) is 38.4 Å². The van der Waals surface area contributed by atoms with Gasteiger partial charge in [-0.15, -0.1) is 0 Å². The van der Waals surface area contributed by atoms with Crippen LogP contribution in [0.4, 0.5) is 0 Å². The molecule has 4 rings (SSSR count). The zero-order valence-electron chi connectivity index (χ0n) is 13.4. The Labute approximate surface area is 136 Å². The van der Waals surface area contributed by atoms with Gasteiger partial charge in [-0.3, -0.25) is 0 Å². The number of nitrogens with one attached hydrogen (secondary N) is 1. The van der Waals surface area contributed by atoms with Gasteiger partial charge in [0.05, 0.1) is 12.2 Å². The van der Waals surface area contributed by atoms with Gasteiger partial charge in [-0.1, -0.05) is 6.07 Å². The summed E-state index contributed by atoms with van der Waals surface area (Å²) in [5, 5.41) is 3.42. The van der Waals surface area contributed by atoms with E-state index in [-0.39, 0.29) is 5.60 Å². The molecule has 0 aliphatic carbocycles. The van der Waals surface area contributed by atoms with Crippen LogP contribution in [-0.4, -0.2) is 24.7 Å². The Balaban J connectivity index is 1.53. The first-order valence-corrected chi connectivity index (χ1v) is 8.27. The van der Waals surface area contributed by atoms with E-state index in [1.807, 2.05) is 13.0 Å². The Morgan fingerprint density at radius 1 is 1.30 bits per heavy atom. The molecule has 5 nitrogen and oxygen atoms in total. The minimum Gasteiger partial charge on any atom is -0.487 e. The van der Waals surface area contributed by atoms with Crippen LogP contribution in [0.2, 0.25) is 0 Å². The van der Waals surface area contributed by atoms with Crippen LogP contribution >= 0.6 is 0 Å². The van der Waals surface area contributed by atoms with Crippen LogP contribution in [0.3, 0.4) is 0 Å². The third-order valence-electron chi connectivity index (χ3n) is 4.78. The Morgan fingerprint density at radius 3 is 2.96 bits per heavy atom. The van der Waals surface area contributed by atoms with E-state index in [2.05, 4.69) is 22.4 Å². The van der Waals surface area contributed by atoms with Crippen LogP contribution in [0, 0.1) is 6.92 Å². The molecule has 1 spiro atoms. The molecular weight excluding hydrogens is 292 g/mol. The summed E-state index contributed by atoms with van der Waals surface area (Å²) >= 11 is 0. The average Bonchev–Trinajstić information content (AvgIpc) is 2.99. The SMILES string of the molecule is Cc1nc(COc2ccc3c(c2)CCOC32CCNCC2)co1. The van der Waals surface area contributed by atoms with E-state index >= 15 is 0 Å². The smallest absolute Gasteiger partial charge is 0.191 e. The number of hydrogen-bond donors (Lipinski definition) is 1. The van der Waals surface area contributed by atoms with Crippen molar-refractivity contribution in [1.29, 1.82) is 0 Å². The maximum atomic E-state index is 6.20. The molecule has 2 aliphatic heterocycles. The van der Waals surface area contributed by atoms with Crippen molar-refractivity contribution in [1.82, 2.24) is 10.3 Å². The van der Waals surface area contributed by atoms with E-state index < -0.39 is 0 Å². The number of oxazole rings is 1. The fourth-order valence-electron chi connectivity index (χ4n) is 3.62. The number of nitrogens with zero attached hydrogens (tertiary/aromatic N) is 1. The number of ether oxygens (including phenoxy) is 2. The fraction of sp³-hybridized carbons (Fsp3) is 0.500. The topological polar surface area (TPSA) is 56.5 Å². The normalized spacial score (nSPS) is 19.5. The van der Waals surface area contributed by atoms with E-state index in [4.69, 9.17) is 13.9 Å². The molecule has 1 aromatic heterocycles. The predicted octanol–water partition coefficient (Wildman–Crippen LogP) is 2.71. The van der Waals surface area contributed by atoms with Gasteiger partial charge in [0, 0.05) is 6.92 Å². The molecule has 0 saturated carbocycles. The third-order valence-corrected chi connectivity index (χ3v) is 4.78. The summed E-state index contributed by atoms with van der Waals surface area (Å²) in [6, 6.07) is 6.39. The molecule has 0 bridgehead atoms. The number of piperidine rings is 1. The molecule has 23 heavy (non-hydrogen) atoms. The number of aryl methyl sites for hydroxylation is 1. The second kappa shape index (κ2) is 5.98. The highest BCUT2D eigenvalue weighted by Crippen LogP contribution is 2.41. The van der Waals surface area contributed by atoms with Crippen LogP contribution in [0.15, 0.2) is 28.9 Å². The zero-order valence-corrected chi connectivity index (χ0v) is 13.4. The van der Waals surface area contributed by atoms with Gasteiger partial charge in [0.1, 0.15) is 24.3 Å². The fourth-order valence-corrected chi connectivity index (χ4v) is 3.62. The molecule has 1 saturated heterocycles. The lowest BCUT2D eigenvalue weighted by Gasteiger charge is -2.42. The summed E-state index contributed by atoms with van der Waals surface area (Å²) in [5.74, 6) is 1.55. The second-order valence-electron chi connectivity index (χ2n) is 6.31. The molecule has 0 radical (unpaired) electrons. The van der Waals surface area contributed by atoms with Gasteiger partial charge in [-0.05, 0) is 55.6 Å². The quantitative estimate of drug-likeness (QED) is 0.944. The van der Waals surface area contributed by atoms with E-state index in [1.54, 1.807) is 6.26 Å².